The van der Waals surface area contributed by atoms with Crippen LogP contribution in [-0.2, 0) is 0 Å². The molecule has 0 fully saturated rings. The molecule has 0 heterocycles. The molecule has 0 radical (unpaired) electrons. The molecule has 14 heavy (non-hydrogen) atoms. The predicted octanol–water partition coefficient (Wildman–Crippen LogP) is 1.35. The van der Waals surface area contributed by atoms with Crippen LogP contribution in [0.15, 0.2) is 22.7 Å². The van der Waals surface area contributed by atoms with Gasteiger partial charge in [0, 0.05) is 11.0 Å². The number of rotatable bonds is 4. The first-order chi connectivity index (χ1) is 6.65. The molecule has 0 saturated heterocycles. The van der Waals surface area contributed by atoms with Crippen molar-refractivity contribution >= 4 is 21.6 Å². The Morgan fingerprint density at radius 2 is 2.21 bits per heavy atom. The molecule has 5 heteroatoms. The topological polar surface area (TPSA) is 52.5 Å². The second kappa shape index (κ2) is 5.29. The van der Waals surface area contributed by atoms with Gasteiger partial charge in [-0.05, 0) is 28.1 Å². The van der Waals surface area contributed by atoms with Gasteiger partial charge in [-0.2, -0.15) is 0 Å². The van der Waals surface area contributed by atoms with Crippen LogP contribution in [0.3, 0.4) is 0 Å². The van der Waals surface area contributed by atoms with E-state index in [9.17, 15) is 4.39 Å². The fraction of sp³-hybridized carbons (Fsp3) is 0.333. The van der Waals surface area contributed by atoms with Crippen molar-refractivity contribution in [3.05, 3.63) is 28.5 Å². The van der Waals surface area contributed by atoms with E-state index in [1.807, 2.05) is 0 Å². The Morgan fingerprint density at radius 1 is 1.50 bits per heavy atom. The Hall–Kier alpha value is -0.650. The van der Waals surface area contributed by atoms with Gasteiger partial charge in [0.25, 0.3) is 0 Å². The molecule has 0 aliphatic carbocycles. The normalized spacial score (nSPS) is 12.6. The number of halogens is 2. The van der Waals surface area contributed by atoms with Gasteiger partial charge in [-0.1, -0.05) is 6.07 Å². The van der Waals surface area contributed by atoms with Gasteiger partial charge in [-0.3, -0.25) is 0 Å². The van der Waals surface area contributed by atoms with Gasteiger partial charge in [0.1, 0.15) is 5.82 Å². The second-order valence-corrected chi connectivity index (χ2v) is 3.67. The fourth-order valence-electron chi connectivity index (χ4n) is 0.951. The summed E-state index contributed by atoms with van der Waals surface area (Å²) in [6.45, 7) is -0.241. The molecule has 0 aliphatic heterocycles. The molecule has 1 aromatic rings. The summed E-state index contributed by atoms with van der Waals surface area (Å²) in [4.78, 5) is 0. The van der Waals surface area contributed by atoms with Crippen molar-refractivity contribution < 1.29 is 14.6 Å². The Bertz CT molecular complexity index is 289. The van der Waals surface area contributed by atoms with Crippen molar-refractivity contribution in [1.82, 2.24) is 0 Å². The highest BCUT2D eigenvalue weighted by Crippen LogP contribution is 2.24. The molecule has 0 aromatic heterocycles. The van der Waals surface area contributed by atoms with Gasteiger partial charge in [0.05, 0.1) is 18.4 Å². The fourth-order valence-corrected chi connectivity index (χ4v) is 1.43. The summed E-state index contributed by atoms with van der Waals surface area (Å²) < 4.78 is 13.8. The van der Waals surface area contributed by atoms with E-state index in [0.717, 1.165) is 0 Å². The second-order valence-electron chi connectivity index (χ2n) is 2.81. The minimum atomic E-state index is -0.887. The average Bonchev–Trinajstić information content (AvgIpc) is 2.16. The zero-order valence-corrected chi connectivity index (χ0v) is 8.96. The van der Waals surface area contributed by atoms with Crippen LogP contribution in [0.25, 0.3) is 0 Å². The quantitative estimate of drug-likeness (QED) is 0.769. The largest absolute Gasteiger partial charge is 0.394 e. The lowest BCUT2D eigenvalue weighted by Gasteiger charge is -2.12. The van der Waals surface area contributed by atoms with Crippen molar-refractivity contribution in [2.24, 2.45) is 0 Å². The first kappa shape index (κ1) is 11.4. The van der Waals surface area contributed by atoms with E-state index in [4.69, 9.17) is 10.2 Å². The average molecular weight is 264 g/mol. The number of nitrogens with one attached hydrogen (secondary N) is 1. The van der Waals surface area contributed by atoms with E-state index >= 15 is 0 Å². The molecule has 3 N–H and O–H groups in total. The monoisotopic (exact) mass is 263 g/mol. The van der Waals surface area contributed by atoms with Crippen LogP contribution in [0.4, 0.5) is 10.1 Å². The molecule has 0 amide bonds. The third-order valence-corrected chi connectivity index (χ3v) is 2.35. The molecular weight excluding hydrogens is 253 g/mol. The van der Waals surface area contributed by atoms with E-state index in [-0.39, 0.29) is 13.2 Å². The van der Waals surface area contributed by atoms with Crippen LogP contribution in [-0.4, -0.2) is 29.5 Å². The summed E-state index contributed by atoms with van der Waals surface area (Å²) in [5, 5.41) is 20.3. The lowest BCUT2D eigenvalue weighted by molar-refractivity contribution is 0.105. The summed E-state index contributed by atoms with van der Waals surface area (Å²) in [5.74, 6) is -0.399. The predicted molar refractivity (Wildman–Crippen MR) is 55.7 cm³/mol. The van der Waals surface area contributed by atoms with Crippen LogP contribution in [0.5, 0.6) is 0 Å². The van der Waals surface area contributed by atoms with Crippen LogP contribution in [0, 0.1) is 5.82 Å². The molecule has 78 valence electrons. The zero-order chi connectivity index (χ0) is 10.6. The number of hydrogen-bond donors (Lipinski definition) is 3. The number of aliphatic hydroxyl groups excluding tert-OH is 2. The summed E-state index contributed by atoms with van der Waals surface area (Å²) in [6, 6.07) is 4.59. The minimum absolute atomic E-state index is 0.107. The van der Waals surface area contributed by atoms with Crippen LogP contribution >= 0.6 is 15.9 Å². The molecule has 0 saturated carbocycles. The molecule has 0 spiro atoms. The van der Waals surface area contributed by atoms with Gasteiger partial charge in [-0.15, -0.1) is 0 Å². The number of hydrogen-bond acceptors (Lipinski definition) is 3. The molecular formula is C9H11BrFNO2. The Morgan fingerprint density at radius 3 is 2.79 bits per heavy atom. The first-order valence-electron chi connectivity index (χ1n) is 4.12. The molecule has 1 aromatic carbocycles. The maximum Gasteiger partial charge on any atom is 0.147 e. The summed E-state index contributed by atoms with van der Waals surface area (Å²) in [7, 11) is 0. The van der Waals surface area contributed by atoms with Gasteiger partial charge in [-0.25, -0.2) is 4.39 Å². The van der Waals surface area contributed by atoms with Crippen molar-refractivity contribution in [2.75, 3.05) is 18.5 Å². The molecule has 1 unspecified atom stereocenters. The smallest absolute Gasteiger partial charge is 0.147 e. The summed E-state index contributed by atoms with van der Waals surface area (Å²) in [6.07, 6.45) is -0.887. The highest BCUT2D eigenvalue weighted by Gasteiger charge is 2.07. The molecule has 1 atom stereocenters. The van der Waals surface area contributed by atoms with Crippen molar-refractivity contribution in [2.45, 2.75) is 6.10 Å². The van der Waals surface area contributed by atoms with E-state index in [2.05, 4.69) is 21.2 Å². The highest BCUT2D eigenvalue weighted by molar-refractivity contribution is 9.10. The van der Waals surface area contributed by atoms with E-state index in [0.29, 0.717) is 10.2 Å². The van der Waals surface area contributed by atoms with Gasteiger partial charge >= 0.3 is 0 Å². The third kappa shape index (κ3) is 2.94. The lowest BCUT2D eigenvalue weighted by atomic mass is 10.3. The molecule has 0 aliphatic rings. The number of benzene rings is 1. The minimum Gasteiger partial charge on any atom is -0.394 e. The number of aliphatic hydroxyl groups is 2. The van der Waals surface area contributed by atoms with E-state index in [1.165, 1.54) is 6.07 Å². The maximum absolute atomic E-state index is 13.2. The van der Waals surface area contributed by atoms with E-state index < -0.39 is 11.9 Å². The Kier molecular flexibility index (Phi) is 4.31. The Balaban J connectivity index is 2.66. The summed E-state index contributed by atoms with van der Waals surface area (Å²) >= 11 is 3.17. The Labute approximate surface area is 89.7 Å². The summed E-state index contributed by atoms with van der Waals surface area (Å²) in [5.41, 5.74) is 0.292. The van der Waals surface area contributed by atoms with Crippen molar-refractivity contribution in [1.29, 1.82) is 0 Å². The van der Waals surface area contributed by atoms with Crippen molar-refractivity contribution in [3.63, 3.8) is 0 Å². The number of para-hydroxylation sites is 1. The number of anilines is 1. The zero-order valence-electron chi connectivity index (χ0n) is 7.37. The van der Waals surface area contributed by atoms with Crippen LogP contribution < -0.4 is 5.32 Å². The van der Waals surface area contributed by atoms with Gasteiger partial charge < -0.3 is 15.5 Å². The third-order valence-electron chi connectivity index (χ3n) is 1.69. The lowest BCUT2D eigenvalue weighted by Crippen LogP contribution is -2.23. The van der Waals surface area contributed by atoms with Crippen LogP contribution in [0.2, 0.25) is 0 Å². The van der Waals surface area contributed by atoms with Crippen molar-refractivity contribution in [3.8, 4) is 0 Å². The molecule has 0 bridgehead atoms. The highest BCUT2D eigenvalue weighted by atomic mass is 79.9. The van der Waals surface area contributed by atoms with Gasteiger partial charge in [0.2, 0.25) is 0 Å². The SMILES string of the molecule is OCC(O)CNc1c(F)cccc1Br. The van der Waals surface area contributed by atoms with Gasteiger partial charge in [0.15, 0.2) is 0 Å². The van der Waals surface area contributed by atoms with E-state index in [1.54, 1.807) is 12.1 Å². The first-order valence-corrected chi connectivity index (χ1v) is 4.91. The molecule has 3 nitrogen and oxygen atoms in total. The molecule has 1 rings (SSSR count). The van der Waals surface area contributed by atoms with Crippen LogP contribution in [0.1, 0.15) is 0 Å². The standard InChI is InChI=1S/C9H11BrFNO2/c10-7-2-1-3-8(11)9(7)12-4-6(14)5-13/h1-3,6,12-14H,4-5H2. The maximum atomic E-state index is 13.2.